The summed E-state index contributed by atoms with van der Waals surface area (Å²) in [6.45, 7) is 0.0159. The van der Waals surface area contributed by atoms with Crippen LogP contribution in [0, 0.1) is 0 Å². The molecule has 2 rings (SSSR count). The van der Waals surface area contributed by atoms with E-state index in [4.69, 9.17) is 19.7 Å². The lowest BCUT2D eigenvalue weighted by molar-refractivity contribution is -0.143. The normalized spacial score (nSPS) is 17.3. The van der Waals surface area contributed by atoms with E-state index in [1.54, 1.807) is 12.1 Å². The molecule has 2 N–H and O–H groups in total. The molecule has 108 valence electrons. The summed E-state index contributed by atoms with van der Waals surface area (Å²) in [4.78, 5) is 23.3. The fourth-order valence-electron chi connectivity index (χ4n) is 2.33. The van der Waals surface area contributed by atoms with Gasteiger partial charge in [0.25, 0.3) is 0 Å². The second-order valence-corrected chi connectivity index (χ2v) is 4.44. The highest BCUT2D eigenvalue weighted by Gasteiger charge is 2.35. The number of nitrogens with zero attached hydrogens (tertiary/aromatic N) is 1. The maximum atomic E-state index is 11.2. The van der Waals surface area contributed by atoms with Crippen molar-refractivity contribution in [1.82, 2.24) is 4.90 Å². The first-order valence-corrected chi connectivity index (χ1v) is 5.94. The Morgan fingerprint density at radius 2 is 1.70 bits per heavy atom. The smallest absolute Gasteiger partial charge is 0.408 e. The van der Waals surface area contributed by atoms with Crippen LogP contribution in [0.1, 0.15) is 11.1 Å². The molecule has 0 saturated carbocycles. The first-order valence-electron chi connectivity index (χ1n) is 5.94. The van der Waals surface area contributed by atoms with Crippen LogP contribution in [0.3, 0.4) is 0 Å². The van der Waals surface area contributed by atoms with Crippen LogP contribution in [0.15, 0.2) is 12.1 Å². The van der Waals surface area contributed by atoms with Crippen molar-refractivity contribution in [3.05, 3.63) is 23.3 Å². The average Bonchev–Trinajstić information content (AvgIpc) is 2.43. The van der Waals surface area contributed by atoms with E-state index in [0.717, 1.165) is 16.0 Å². The molecule has 0 radical (unpaired) electrons. The molecule has 0 aliphatic carbocycles. The fourth-order valence-corrected chi connectivity index (χ4v) is 2.33. The van der Waals surface area contributed by atoms with E-state index in [9.17, 15) is 9.59 Å². The van der Waals surface area contributed by atoms with Crippen LogP contribution in [0.4, 0.5) is 4.79 Å². The third-order valence-corrected chi connectivity index (χ3v) is 3.37. The fraction of sp³-hybridized carbons (Fsp3) is 0.385. The standard InChI is InChI=1S/C13H15NO6/c1-19-10-4-7-3-9(12(15)16)14(13(17)18)6-8(7)5-11(10)20-2/h4-5,9H,3,6H2,1-2H3,(H,15,16)(H,17,18). The van der Waals surface area contributed by atoms with Gasteiger partial charge in [-0.1, -0.05) is 0 Å². The topological polar surface area (TPSA) is 96.3 Å². The number of carbonyl (C=O) groups is 2. The van der Waals surface area contributed by atoms with Crippen LogP contribution in [-0.2, 0) is 17.8 Å². The zero-order chi connectivity index (χ0) is 14.9. The van der Waals surface area contributed by atoms with Gasteiger partial charge in [0.15, 0.2) is 11.5 Å². The molecular formula is C13H15NO6. The van der Waals surface area contributed by atoms with Gasteiger partial charge in [0.1, 0.15) is 6.04 Å². The van der Waals surface area contributed by atoms with Gasteiger partial charge in [-0.2, -0.15) is 0 Å². The summed E-state index contributed by atoms with van der Waals surface area (Å²) in [6.07, 6.45) is -1.14. The Morgan fingerprint density at radius 3 is 2.15 bits per heavy atom. The van der Waals surface area contributed by atoms with Crippen molar-refractivity contribution in [2.24, 2.45) is 0 Å². The lowest BCUT2D eigenvalue weighted by atomic mass is 9.93. The van der Waals surface area contributed by atoms with Gasteiger partial charge < -0.3 is 19.7 Å². The van der Waals surface area contributed by atoms with Gasteiger partial charge in [-0.25, -0.2) is 9.59 Å². The first kappa shape index (κ1) is 14.0. The van der Waals surface area contributed by atoms with Gasteiger partial charge in [-0.05, 0) is 23.3 Å². The van der Waals surface area contributed by atoms with Crippen molar-refractivity contribution < 1.29 is 29.3 Å². The molecule has 0 spiro atoms. The SMILES string of the molecule is COc1cc2c(cc1OC)CN(C(=O)O)C(C(=O)O)C2. The number of amides is 1. The van der Waals surface area contributed by atoms with Gasteiger partial charge in [0.05, 0.1) is 20.8 Å². The van der Waals surface area contributed by atoms with Crippen LogP contribution in [0.2, 0.25) is 0 Å². The van der Waals surface area contributed by atoms with Gasteiger partial charge in [-0.15, -0.1) is 0 Å². The van der Waals surface area contributed by atoms with E-state index in [2.05, 4.69) is 0 Å². The maximum Gasteiger partial charge on any atom is 0.408 e. The minimum atomic E-state index is -1.25. The van der Waals surface area contributed by atoms with Crippen LogP contribution >= 0.6 is 0 Å². The molecule has 1 atom stereocenters. The largest absolute Gasteiger partial charge is 0.493 e. The molecule has 1 amide bonds. The van der Waals surface area contributed by atoms with Crippen LogP contribution in [-0.4, -0.2) is 47.4 Å². The van der Waals surface area contributed by atoms with Crippen molar-refractivity contribution in [1.29, 1.82) is 0 Å². The molecule has 20 heavy (non-hydrogen) atoms. The Bertz CT molecular complexity index is 507. The Hall–Kier alpha value is -2.44. The van der Waals surface area contributed by atoms with Crippen molar-refractivity contribution >= 4 is 12.1 Å². The zero-order valence-corrected chi connectivity index (χ0v) is 11.1. The van der Waals surface area contributed by atoms with E-state index in [1.807, 2.05) is 0 Å². The number of hydrogen-bond donors (Lipinski definition) is 2. The molecule has 7 nitrogen and oxygen atoms in total. The quantitative estimate of drug-likeness (QED) is 0.864. The number of hydrogen-bond acceptors (Lipinski definition) is 4. The Labute approximate surface area is 115 Å². The number of aliphatic carboxylic acids is 1. The van der Waals surface area contributed by atoms with Crippen molar-refractivity contribution in [3.8, 4) is 11.5 Å². The summed E-state index contributed by atoms with van der Waals surface area (Å²) in [6, 6.07) is 2.30. The van der Waals surface area contributed by atoms with Gasteiger partial charge in [0, 0.05) is 6.42 Å². The summed E-state index contributed by atoms with van der Waals surface area (Å²) >= 11 is 0. The monoisotopic (exact) mass is 281 g/mol. The maximum absolute atomic E-state index is 11.2. The Kier molecular flexibility index (Phi) is 3.69. The first-order chi connectivity index (χ1) is 9.47. The second-order valence-electron chi connectivity index (χ2n) is 4.44. The summed E-state index contributed by atoms with van der Waals surface area (Å²) in [5.74, 6) is -0.169. The number of carboxylic acids is 1. The number of rotatable bonds is 3. The van der Waals surface area contributed by atoms with E-state index < -0.39 is 18.1 Å². The lowest BCUT2D eigenvalue weighted by Gasteiger charge is -2.32. The van der Waals surface area contributed by atoms with Crippen LogP contribution in [0.5, 0.6) is 11.5 Å². The molecule has 1 aromatic rings. The molecule has 0 bridgehead atoms. The zero-order valence-electron chi connectivity index (χ0n) is 11.1. The summed E-state index contributed by atoms with van der Waals surface area (Å²) in [5.41, 5.74) is 1.48. The molecule has 0 saturated heterocycles. The molecule has 7 heteroatoms. The lowest BCUT2D eigenvalue weighted by Crippen LogP contribution is -2.48. The molecule has 1 heterocycles. The molecule has 0 fully saturated rings. The van der Waals surface area contributed by atoms with Gasteiger partial charge in [0.2, 0.25) is 0 Å². The molecule has 1 aliphatic rings. The highest BCUT2D eigenvalue weighted by atomic mass is 16.5. The minimum Gasteiger partial charge on any atom is -0.493 e. The Balaban J connectivity index is 2.45. The highest BCUT2D eigenvalue weighted by Crippen LogP contribution is 2.34. The van der Waals surface area contributed by atoms with Crippen molar-refractivity contribution in [3.63, 3.8) is 0 Å². The third kappa shape index (κ3) is 2.34. The van der Waals surface area contributed by atoms with E-state index in [-0.39, 0.29) is 13.0 Å². The van der Waals surface area contributed by atoms with E-state index in [1.165, 1.54) is 14.2 Å². The van der Waals surface area contributed by atoms with Gasteiger partial charge in [-0.3, -0.25) is 4.90 Å². The van der Waals surface area contributed by atoms with E-state index >= 15 is 0 Å². The molecule has 1 aliphatic heterocycles. The summed E-state index contributed by atoms with van der Waals surface area (Å²) < 4.78 is 10.3. The second kappa shape index (κ2) is 5.28. The number of methoxy groups -OCH3 is 2. The molecule has 0 aromatic heterocycles. The molecule has 1 aromatic carbocycles. The summed E-state index contributed by atoms with van der Waals surface area (Å²) in [7, 11) is 2.98. The predicted molar refractivity (Wildman–Crippen MR) is 68.2 cm³/mol. The molecular weight excluding hydrogens is 266 g/mol. The minimum absolute atomic E-state index is 0.0159. The van der Waals surface area contributed by atoms with Crippen LogP contribution in [0.25, 0.3) is 0 Å². The average molecular weight is 281 g/mol. The predicted octanol–water partition coefficient (Wildman–Crippen LogP) is 1.19. The third-order valence-electron chi connectivity index (χ3n) is 3.37. The van der Waals surface area contributed by atoms with Crippen molar-refractivity contribution in [2.75, 3.05) is 14.2 Å². The number of ether oxygens (including phenoxy) is 2. The number of carboxylic acid groups (broad SMARTS) is 2. The number of benzene rings is 1. The number of fused-ring (bicyclic) bond motifs is 1. The van der Waals surface area contributed by atoms with Gasteiger partial charge >= 0.3 is 12.1 Å². The van der Waals surface area contributed by atoms with E-state index in [0.29, 0.717) is 11.5 Å². The van der Waals surface area contributed by atoms with Crippen molar-refractivity contribution in [2.45, 2.75) is 19.0 Å². The van der Waals surface area contributed by atoms with Crippen LogP contribution < -0.4 is 9.47 Å². The summed E-state index contributed by atoms with van der Waals surface area (Å²) in [5, 5.41) is 18.3. The molecule has 1 unspecified atom stereocenters. The highest BCUT2D eigenvalue weighted by molar-refractivity contribution is 5.80. The Morgan fingerprint density at radius 1 is 1.15 bits per heavy atom.